The van der Waals surface area contributed by atoms with Crippen molar-refractivity contribution < 1.29 is 14.2 Å². The molecule has 4 aromatic rings. The Morgan fingerprint density at radius 3 is 2.92 bits per heavy atom. The molecule has 0 amide bonds. The van der Waals surface area contributed by atoms with Gasteiger partial charge in [-0.2, -0.15) is 5.10 Å². The van der Waals surface area contributed by atoms with Crippen LogP contribution in [0.25, 0.3) is 22.6 Å². The minimum Gasteiger partial charge on any atom is -0.496 e. The Bertz CT molecular complexity index is 1090. The third-order valence-corrected chi connectivity index (χ3v) is 4.29. The van der Waals surface area contributed by atoms with E-state index in [9.17, 15) is 0 Å². The van der Waals surface area contributed by atoms with Crippen molar-refractivity contribution in [2.75, 3.05) is 13.9 Å². The number of hydrogen-bond acceptors (Lipinski definition) is 6. The van der Waals surface area contributed by atoms with Crippen molar-refractivity contribution in [3.8, 4) is 28.6 Å². The van der Waals surface area contributed by atoms with E-state index in [0.29, 0.717) is 29.6 Å². The number of imidazole rings is 1. The molecule has 0 fully saturated rings. The molecule has 1 N–H and O–H groups in total. The fourth-order valence-electron chi connectivity index (χ4n) is 3.03. The van der Waals surface area contributed by atoms with Gasteiger partial charge in [0.05, 0.1) is 25.4 Å². The Balaban J connectivity index is 1.57. The summed E-state index contributed by atoms with van der Waals surface area (Å²) >= 11 is 0. The van der Waals surface area contributed by atoms with Crippen molar-refractivity contribution in [3.05, 3.63) is 48.4 Å². The van der Waals surface area contributed by atoms with Gasteiger partial charge in [-0.1, -0.05) is 6.07 Å². The number of nitrogens with zero attached hydrogens (tertiary/aromatic N) is 4. The van der Waals surface area contributed by atoms with E-state index in [1.807, 2.05) is 35.1 Å². The van der Waals surface area contributed by atoms with Gasteiger partial charge in [0.2, 0.25) is 6.79 Å². The molecule has 130 valence electrons. The topological polar surface area (TPSA) is 87.1 Å². The number of pyridine rings is 1. The molecule has 4 heterocycles. The first kappa shape index (κ1) is 14.8. The van der Waals surface area contributed by atoms with E-state index >= 15 is 0 Å². The van der Waals surface area contributed by atoms with Gasteiger partial charge in [0.25, 0.3) is 0 Å². The molecule has 5 rings (SSSR count). The molecule has 0 saturated heterocycles. The first-order chi connectivity index (χ1) is 12.8. The third kappa shape index (κ3) is 2.34. The number of hydrogen-bond donors (Lipinski definition) is 1. The molecule has 1 aliphatic rings. The Hall–Kier alpha value is -3.55. The maximum absolute atomic E-state index is 5.50. The maximum atomic E-state index is 5.50. The number of ether oxygens (including phenoxy) is 3. The second kappa shape index (κ2) is 5.76. The van der Waals surface area contributed by atoms with Crippen molar-refractivity contribution in [3.63, 3.8) is 0 Å². The lowest BCUT2D eigenvalue weighted by molar-refractivity contribution is 0.174. The minimum absolute atomic E-state index is 0.210. The number of nitrogens with one attached hydrogen (secondary N) is 1. The standard InChI is InChI=1S/C18H15N5O3/c1-24-14-6-16-15(25-10-26-16)5-12(14)17-21-13-8-20-23(18(13)22-17)9-11-3-2-4-19-7-11/h2-8H,9-10H2,1H3,(H,21,22). The summed E-state index contributed by atoms with van der Waals surface area (Å²) < 4.78 is 18.2. The van der Waals surface area contributed by atoms with Crippen LogP contribution in [-0.4, -0.2) is 38.6 Å². The Labute approximate surface area is 148 Å². The molecule has 1 aromatic carbocycles. The molecule has 0 unspecified atom stereocenters. The quantitative estimate of drug-likeness (QED) is 0.609. The van der Waals surface area contributed by atoms with Crippen molar-refractivity contribution in [2.45, 2.75) is 6.54 Å². The number of methoxy groups -OCH3 is 1. The van der Waals surface area contributed by atoms with Crippen molar-refractivity contribution in [1.29, 1.82) is 0 Å². The van der Waals surface area contributed by atoms with Crippen molar-refractivity contribution in [1.82, 2.24) is 24.7 Å². The number of fused-ring (bicyclic) bond motifs is 2. The zero-order valence-corrected chi connectivity index (χ0v) is 14.0. The van der Waals surface area contributed by atoms with Crippen molar-refractivity contribution >= 4 is 11.2 Å². The lowest BCUT2D eigenvalue weighted by Crippen LogP contribution is -2.02. The summed E-state index contributed by atoms with van der Waals surface area (Å²) in [7, 11) is 1.62. The average molecular weight is 349 g/mol. The molecule has 0 radical (unpaired) electrons. The van der Waals surface area contributed by atoms with Gasteiger partial charge < -0.3 is 19.2 Å². The molecular weight excluding hydrogens is 334 g/mol. The van der Waals surface area contributed by atoms with E-state index in [1.54, 1.807) is 19.5 Å². The normalized spacial score (nSPS) is 12.7. The first-order valence-corrected chi connectivity index (χ1v) is 8.10. The van der Waals surface area contributed by atoms with Crippen LogP contribution < -0.4 is 14.2 Å². The highest BCUT2D eigenvalue weighted by molar-refractivity contribution is 5.79. The molecule has 0 aliphatic carbocycles. The molecule has 0 bridgehead atoms. The summed E-state index contributed by atoms with van der Waals surface area (Å²) in [5.41, 5.74) is 3.48. The number of aromatic nitrogens is 5. The summed E-state index contributed by atoms with van der Waals surface area (Å²) in [6, 6.07) is 7.60. The van der Waals surface area contributed by atoms with Crippen LogP contribution in [-0.2, 0) is 6.54 Å². The zero-order valence-electron chi connectivity index (χ0n) is 14.0. The smallest absolute Gasteiger partial charge is 0.231 e. The van der Waals surface area contributed by atoms with Gasteiger partial charge in [-0.25, -0.2) is 9.67 Å². The monoisotopic (exact) mass is 349 g/mol. The predicted octanol–water partition coefficient (Wildman–Crippen LogP) is 2.61. The second-order valence-corrected chi connectivity index (χ2v) is 5.89. The summed E-state index contributed by atoms with van der Waals surface area (Å²) in [5.74, 6) is 2.70. The van der Waals surface area contributed by atoms with E-state index < -0.39 is 0 Å². The van der Waals surface area contributed by atoms with E-state index in [0.717, 1.165) is 22.3 Å². The molecule has 0 atom stereocenters. The predicted molar refractivity (Wildman–Crippen MR) is 93.3 cm³/mol. The van der Waals surface area contributed by atoms with E-state index in [1.165, 1.54) is 0 Å². The largest absolute Gasteiger partial charge is 0.496 e. The average Bonchev–Trinajstić information content (AvgIpc) is 3.38. The minimum atomic E-state index is 0.210. The highest BCUT2D eigenvalue weighted by atomic mass is 16.7. The van der Waals surface area contributed by atoms with Gasteiger partial charge in [0, 0.05) is 18.5 Å². The van der Waals surface area contributed by atoms with Crippen LogP contribution in [0, 0.1) is 0 Å². The maximum Gasteiger partial charge on any atom is 0.231 e. The summed E-state index contributed by atoms with van der Waals surface area (Å²) in [5, 5.41) is 4.41. The molecule has 26 heavy (non-hydrogen) atoms. The van der Waals surface area contributed by atoms with Crippen LogP contribution in [0.5, 0.6) is 17.2 Å². The van der Waals surface area contributed by atoms with Crippen molar-refractivity contribution in [2.24, 2.45) is 0 Å². The van der Waals surface area contributed by atoms with Crippen LogP contribution in [0.3, 0.4) is 0 Å². The van der Waals surface area contributed by atoms with Crippen LogP contribution >= 0.6 is 0 Å². The molecule has 3 aromatic heterocycles. The SMILES string of the molecule is COc1cc2c(cc1-c1nc3c(cnn3Cc3cccnc3)[nH]1)OCO2. The van der Waals surface area contributed by atoms with Gasteiger partial charge in [-0.05, 0) is 17.7 Å². The fourth-order valence-corrected chi connectivity index (χ4v) is 3.03. The highest BCUT2D eigenvalue weighted by Crippen LogP contribution is 2.41. The van der Waals surface area contributed by atoms with Gasteiger partial charge >= 0.3 is 0 Å². The van der Waals surface area contributed by atoms with Crippen LogP contribution in [0.2, 0.25) is 0 Å². The Morgan fingerprint density at radius 1 is 1.23 bits per heavy atom. The number of rotatable bonds is 4. The molecule has 0 spiro atoms. The van der Waals surface area contributed by atoms with Gasteiger partial charge in [0.15, 0.2) is 17.1 Å². The fraction of sp³-hybridized carbons (Fsp3) is 0.167. The molecular formula is C18H15N5O3. The highest BCUT2D eigenvalue weighted by Gasteiger charge is 2.21. The van der Waals surface area contributed by atoms with Gasteiger partial charge in [-0.3, -0.25) is 4.98 Å². The van der Waals surface area contributed by atoms with Crippen LogP contribution in [0.15, 0.2) is 42.9 Å². The van der Waals surface area contributed by atoms with Gasteiger partial charge in [0.1, 0.15) is 17.1 Å². The van der Waals surface area contributed by atoms with E-state index in [4.69, 9.17) is 19.2 Å². The van der Waals surface area contributed by atoms with Gasteiger partial charge in [-0.15, -0.1) is 0 Å². The lowest BCUT2D eigenvalue weighted by Gasteiger charge is -2.07. The van der Waals surface area contributed by atoms with Crippen LogP contribution in [0.4, 0.5) is 0 Å². The molecule has 8 nitrogen and oxygen atoms in total. The third-order valence-electron chi connectivity index (χ3n) is 4.29. The Kier molecular flexibility index (Phi) is 3.27. The van der Waals surface area contributed by atoms with E-state index in [-0.39, 0.29) is 6.79 Å². The Morgan fingerprint density at radius 2 is 2.12 bits per heavy atom. The summed E-state index contributed by atoms with van der Waals surface area (Å²) in [6.07, 6.45) is 5.34. The first-order valence-electron chi connectivity index (χ1n) is 8.10. The zero-order chi connectivity index (χ0) is 17.5. The summed E-state index contributed by atoms with van der Waals surface area (Å²) in [6.45, 7) is 0.808. The number of benzene rings is 1. The molecule has 8 heteroatoms. The molecule has 0 saturated carbocycles. The molecule has 1 aliphatic heterocycles. The van der Waals surface area contributed by atoms with E-state index in [2.05, 4.69) is 15.1 Å². The lowest BCUT2D eigenvalue weighted by atomic mass is 10.1. The second-order valence-electron chi connectivity index (χ2n) is 5.89. The summed E-state index contributed by atoms with van der Waals surface area (Å²) in [4.78, 5) is 12.2. The number of aromatic amines is 1. The van der Waals surface area contributed by atoms with Crippen LogP contribution in [0.1, 0.15) is 5.56 Å². The number of H-pyrrole nitrogens is 1.